The summed E-state index contributed by atoms with van der Waals surface area (Å²) in [5.41, 5.74) is 4.17. The molecule has 0 fully saturated rings. The predicted octanol–water partition coefficient (Wildman–Crippen LogP) is 5.99. The lowest BCUT2D eigenvalue weighted by atomic mass is 9.96. The van der Waals surface area contributed by atoms with E-state index in [1.165, 1.54) is 0 Å². The van der Waals surface area contributed by atoms with Crippen molar-refractivity contribution in [2.24, 2.45) is 5.10 Å². The fourth-order valence-electron chi connectivity index (χ4n) is 4.13. The van der Waals surface area contributed by atoms with Crippen LogP contribution in [0.15, 0.2) is 71.8 Å². The van der Waals surface area contributed by atoms with Crippen molar-refractivity contribution in [3.63, 3.8) is 0 Å². The SMILES string of the molecule is CCOc1ccc([C@@H]2Oc3ccc(Cl)cc3[C@H]3CC(c4ccc(OC)cc4)=NN32)cc1. The third kappa shape index (κ3) is 3.70. The molecule has 6 heteroatoms. The lowest BCUT2D eigenvalue weighted by molar-refractivity contribution is -0.0190. The van der Waals surface area contributed by atoms with Crippen molar-refractivity contribution in [2.45, 2.75) is 25.6 Å². The quantitative estimate of drug-likeness (QED) is 0.494. The fourth-order valence-corrected chi connectivity index (χ4v) is 4.31. The molecule has 0 bridgehead atoms. The Morgan fingerprint density at radius 1 is 1.03 bits per heavy atom. The molecule has 0 amide bonds. The van der Waals surface area contributed by atoms with E-state index in [-0.39, 0.29) is 12.3 Å². The summed E-state index contributed by atoms with van der Waals surface area (Å²) in [7, 11) is 1.67. The molecule has 0 radical (unpaired) electrons. The van der Waals surface area contributed by atoms with Crippen LogP contribution in [0.25, 0.3) is 0 Å². The maximum Gasteiger partial charge on any atom is 0.213 e. The van der Waals surface area contributed by atoms with Crippen molar-refractivity contribution in [3.05, 3.63) is 88.4 Å². The third-order valence-electron chi connectivity index (χ3n) is 5.65. The average molecular weight is 435 g/mol. The smallest absolute Gasteiger partial charge is 0.213 e. The number of methoxy groups -OCH3 is 1. The Morgan fingerprint density at radius 3 is 2.48 bits per heavy atom. The monoisotopic (exact) mass is 434 g/mol. The maximum absolute atomic E-state index is 6.41. The van der Waals surface area contributed by atoms with E-state index in [2.05, 4.69) is 0 Å². The number of hydrazone groups is 1. The second kappa shape index (κ2) is 8.16. The van der Waals surface area contributed by atoms with Gasteiger partial charge in [-0.15, -0.1) is 0 Å². The van der Waals surface area contributed by atoms with Crippen LogP contribution < -0.4 is 14.2 Å². The van der Waals surface area contributed by atoms with E-state index >= 15 is 0 Å². The molecule has 0 aromatic heterocycles. The standard InChI is InChI=1S/C25H23ClN2O3/c1-3-30-20-11-6-17(7-12-20)25-28-23(21-14-18(26)8-13-24(21)31-25)15-22(27-28)16-4-9-19(29-2)10-5-16/h4-14,23,25H,3,15H2,1-2H3/t23-,25+/m1/s1. The van der Waals surface area contributed by atoms with Crippen molar-refractivity contribution < 1.29 is 14.2 Å². The number of ether oxygens (including phenoxy) is 3. The van der Waals surface area contributed by atoms with Gasteiger partial charge in [-0.1, -0.05) is 11.6 Å². The van der Waals surface area contributed by atoms with E-state index in [0.717, 1.165) is 46.1 Å². The highest BCUT2D eigenvalue weighted by Crippen LogP contribution is 2.48. The van der Waals surface area contributed by atoms with Gasteiger partial charge in [-0.2, -0.15) is 5.10 Å². The molecule has 5 nitrogen and oxygen atoms in total. The molecular weight excluding hydrogens is 412 g/mol. The van der Waals surface area contributed by atoms with Crippen molar-refractivity contribution in [2.75, 3.05) is 13.7 Å². The van der Waals surface area contributed by atoms with E-state index in [1.54, 1.807) is 7.11 Å². The van der Waals surface area contributed by atoms with Crippen LogP contribution in [0.2, 0.25) is 5.02 Å². The first kappa shape index (κ1) is 19.8. The summed E-state index contributed by atoms with van der Waals surface area (Å²) >= 11 is 6.32. The van der Waals surface area contributed by atoms with Gasteiger partial charge in [0.15, 0.2) is 0 Å². The number of benzene rings is 3. The second-order valence-corrected chi connectivity index (χ2v) is 7.97. The van der Waals surface area contributed by atoms with E-state index in [1.807, 2.05) is 78.7 Å². The average Bonchev–Trinajstić information content (AvgIpc) is 3.25. The van der Waals surface area contributed by atoms with Crippen LogP contribution in [0.1, 0.15) is 42.3 Å². The molecule has 0 saturated carbocycles. The number of hydrogen-bond acceptors (Lipinski definition) is 5. The predicted molar refractivity (Wildman–Crippen MR) is 121 cm³/mol. The number of nitrogens with zero attached hydrogens (tertiary/aromatic N) is 2. The fraction of sp³-hybridized carbons (Fsp3) is 0.240. The Morgan fingerprint density at radius 2 is 1.77 bits per heavy atom. The molecule has 158 valence electrons. The highest BCUT2D eigenvalue weighted by atomic mass is 35.5. The molecule has 3 aromatic rings. The lowest BCUT2D eigenvalue weighted by Gasteiger charge is -2.38. The van der Waals surface area contributed by atoms with Gasteiger partial charge in [-0.05, 0) is 79.2 Å². The zero-order valence-corrected chi connectivity index (χ0v) is 18.2. The first-order chi connectivity index (χ1) is 15.2. The van der Waals surface area contributed by atoms with Crippen molar-refractivity contribution in [3.8, 4) is 17.2 Å². The van der Waals surface area contributed by atoms with Gasteiger partial charge in [-0.25, -0.2) is 5.01 Å². The summed E-state index contributed by atoms with van der Waals surface area (Å²) in [6.07, 6.45) is 0.446. The summed E-state index contributed by atoms with van der Waals surface area (Å²) in [6, 6.07) is 21.9. The largest absolute Gasteiger partial charge is 0.497 e. The van der Waals surface area contributed by atoms with Crippen LogP contribution in [0.3, 0.4) is 0 Å². The Bertz CT molecular complexity index is 1110. The summed E-state index contributed by atoms with van der Waals surface area (Å²) in [5, 5.41) is 7.73. The maximum atomic E-state index is 6.41. The molecule has 2 aliphatic heterocycles. The molecule has 3 aromatic carbocycles. The Kier molecular flexibility index (Phi) is 5.20. The Labute approximate surface area is 186 Å². The first-order valence-corrected chi connectivity index (χ1v) is 10.7. The Hall–Kier alpha value is -3.18. The van der Waals surface area contributed by atoms with Gasteiger partial charge in [0.2, 0.25) is 6.23 Å². The molecule has 5 rings (SSSR count). The van der Waals surface area contributed by atoms with Gasteiger partial charge in [0.25, 0.3) is 0 Å². The second-order valence-electron chi connectivity index (χ2n) is 7.53. The molecule has 2 aliphatic rings. The number of rotatable bonds is 5. The van der Waals surface area contributed by atoms with Crippen molar-refractivity contribution in [1.82, 2.24) is 5.01 Å². The molecule has 2 atom stereocenters. The van der Waals surface area contributed by atoms with Gasteiger partial charge in [0.1, 0.15) is 17.2 Å². The first-order valence-electron chi connectivity index (χ1n) is 10.4. The van der Waals surface area contributed by atoms with Crippen LogP contribution in [-0.4, -0.2) is 24.4 Å². The van der Waals surface area contributed by atoms with Crippen LogP contribution in [0.5, 0.6) is 17.2 Å². The van der Waals surface area contributed by atoms with Gasteiger partial charge in [0.05, 0.1) is 25.5 Å². The van der Waals surface area contributed by atoms with E-state index in [4.69, 9.17) is 30.9 Å². The highest BCUT2D eigenvalue weighted by Gasteiger charge is 2.41. The van der Waals surface area contributed by atoms with Crippen LogP contribution in [0, 0.1) is 0 Å². The number of fused-ring (bicyclic) bond motifs is 3. The Balaban J connectivity index is 1.53. The molecule has 31 heavy (non-hydrogen) atoms. The van der Waals surface area contributed by atoms with Crippen molar-refractivity contribution in [1.29, 1.82) is 0 Å². The number of hydrogen-bond donors (Lipinski definition) is 0. The minimum absolute atomic E-state index is 0.0520. The van der Waals surface area contributed by atoms with Gasteiger partial charge >= 0.3 is 0 Å². The van der Waals surface area contributed by atoms with E-state index < -0.39 is 0 Å². The lowest BCUT2D eigenvalue weighted by Crippen LogP contribution is -2.33. The molecule has 0 saturated heterocycles. The molecule has 0 aliphatic carbocycles. The van der Waals surface area contributed by atoms with Crippen LogP contribution in [0.4, 0.5) is 0 Å². The third-order valence-corrected chi connectivity index (χ3v) is 5.89. The van der Waals surface area contributed by atoms with Crippen molar-refractivity contribution >= 4 is 17.3 Å². The number of halogens is 1. The highest BCUT2D eigenvalue weighted by molar-refractivity contribution is 6.30. The summed E-state index contributed by atoms with van der Waals surface area (Å²) in [5.74, 6) is 2.51. The molecule has 0 spiro atoms. The van der Waals surface area contributed by atoms with Gasteiger partial charge in [0, 0.05) is 22.6 Å². The summed E-state index contributed by atoms with van der Waals surface area (Å²) in [6.45, 7) is 2.61. The van der Waals surface area contributed by atoms with E-state index in [9.17, 15) is 0 Å². The molecule has 0 unspecified atom stereocenters. The topological polar surface area (TPSA) is 43.3 Å². The molecule has 2 heterocycles. The summed E-state index contributed by atoms with van der Waals surface area (Å²) in [4.78, 5) is 0. The molecule has 0 N–H and O–H groups in total. The van der Waals surface area contributed by atoms with Gasteiger partial charge in [-0.3, -0.25) is 0 Å². The van der Waals surface area contributed by atoms with E-state index in [0.29, 0.717) is 11.6 Å². The minimum Gasteiger partial charge on any atom is -0.497 e. The normalized spacial score (nSPS) is 19.2. The molecular formula is C25H23ClN2O3. The van der Waals surface area contributed by atoms with Crippen LogP contribution >= 0.6 is 11.6 Å². The van der Waals surface area contributed by atoms with Gasteiger partial charge < -0.3 is 14.2 Å². The van der Waals surface area contributed by atoms with Crippen LogP contribution in [-0.2, 0) is 0 Å². The zero-order chi connectivity index (χ0) is 21.4. The zero-order valence-electron chi connectivity index (χ0n) is 17.4. The summed E-state index contributed by atoms with van der Waals surface area (Å²) < 4.78 is 17.3. The minimum atomic E-state index is -0.329.